The maximum Gasteiger partial charge on any atom is 0.141 e. The molecule has 8 heteroatoms. The second-order valence-electron chi connectivity index (χ2n) is 10.8. The molecule has 1 saturated heterocycles. The summed E-state index contributed by atoms with van der Waals surface area (Å²) in [4.78, 5) is 14.1. The molecule has 5 aromatic rings. The number of benzene rings is 1. The Bertz CT molecular complexity index is 1610. The van der Waals surface area contributed by atoms with Crippen LogP contribution in [0.2, 0.25) is 5.15 Å². The number of halogens is 1. The van der Waals surface area contributed by atoms with Gasteiger partial charge in [-0.15, -0.1) is 0 Å². The number of rotatable bonds is 5. The molecule has 0 saturated carbocycles. The molecule has 1 aromatic carbocycles. The summed E-state index contributed by atoms with van der Waals surface area (Å²) in [5.41, 5.74) is 6.27. The van der Waals surface area contributed by atoms with E-state index in [4.69, 9.17) is 21.3 Å². The van der Waals surface area contributed by atoms with Crippen LogP contribution in [-0.2, 0) is 17.4 Å². The van der Waals surface area contributed by atoms with Gasteiger partial charge in [-0.1, -0.05) is 41.9 Å². The summed E-state index contributed by atoms with van der Waals surface area (Å²) < 4.78 is 10.2. The Balaban J connectivity index is 1.72. The van der Waals surface area contributed by atoms with Crippen LogP contribution in [0.3, 0.4) is 0 Å². The van der Waals surface area contributed by atoms with Crippen LogP contribution >= 0.6 is 11.6 Å². The molecule has 0 aliphatic carbocycles. The number of imidazole rings is 1. The molecule has 0 bridgehead atoms. The first kappa shape index (κ1) is 25.0. The number of aromatic nitrogens is 5. The highest BCUT2D eigenvalue weighted by molar-refractivity contribution is 6.36. The SMILES string of the molecule is Cc1ncn(C)c1-c1cnc2c3c(Cl)nc(C(C)(C)O)cc3n([C@H](c3ccccc3)C3CCOCC3)c2c1. The quantitative estimate of drug-likeness (QED) is 0.275. The predicted molar refractivity (Wildman–Crippen MR) is 150 cm³/mol. The molecule has 1 fully saturated rings. The van der Waals surface area contributed by atoms with Gasteiger partial charge in [0.1, 0.15) is 10.8 Å². The molecule has 1 aliphatic rings. The molecule has 0 radical (unpaired) electrons. The molecule has 1 N–H and O–H groups in total. The number of hydrogen-bond acceptors (Lipinski definition) is 5. The summed E-state index contributed by atoms with van der Waals surface area (Å²) >= 11 is 6.88. The standard InChI is InChI=1S/C30H32ClN5O2/c1-18-27(35(4)17-33-18)21-14-23-26(32-16-21)25-22(15-24(30(2,3)37)34-29(25)31)36(23)28(19-8-6-5-7-9-19)20-10-12-38-13-11-20/h5-9,14-17,20,28,37H,10-13H2,1-4H3/t28-/m1/s1. The van der Waals surface area contributed by atoms with Gasteiger partial charge < -0.3 is 19.0 Å². The lowest BCUT2D eigenvalue weighted by Gasteiger charge is -2.33. The summed E-state index contributed by atoms with van der Waals surface area (Å²) in [5.74, 6) is 0.351. The van der Waals surface area contributed by atoms with E-state index in [2.05, 4.69) is 50.9 Å². The number of fused-ring (bicyclic) bond motifs is 3. The average Bonchev–Trinajstić information content (AvgIpc) is 3.41. The Morgan fingerprint density at radius 3 is 2.47 bits per heavy atom. The lowest BCUT2D eigenvalue weighted by atomic mass is 9.86. The third kappa shape index (κ3) is 4.19. The van der Waals surface area contributed by atoms with Gasteiger partial charge in [0, 0.05) is 32.0 Å². The maximum absolute atomic E-state index is 10.9. The Kier molecular flexibility index (Phi) is 6.25. The second-order valence-corrected chi connectivity index (χ2v) is 11.2. The highest BCUT2D eigenvalue weighted by atomic mass is 35.5. The number of pyridine rings is 2. The molecular formula is C30H32ClN5O2. The van der Waals surface area contributed by atoms with Gasteiger partial charge >= 0.3 is 0 Å². The summed E-state index contributed by atoms with van der Waals surface area (Å²) in [6.45, 7) is 6.96. The fraction of sp³-hybridized carbons (Fsp3) is 0.367. The van der Waals surface area contributed by atoms with E-state index in [1.807, 2.05) is 37.1 Å². The minimum absolute atomic E-state index is 0.0258. The Labute approximate surface area is 227 Å². The van der Waals surface area contributed by atoms with Crippen molar-refractivity contribution >= 4 is 33.5 Å². The first-order chi connectivity index (χ1) is 18.2. The zero-order valence-electron chi connectivity index (χ0n) is 22.1. The second kappa shape index (κ2) is 9.49. The van der Waals surface area contributed by atoms with Crippen LogP contribution in [0.25, 0.3) is 33.2 Å². The van der Waals surface area contributed by atoms with E-state index in [0.717, 1.165) is 64.9 Å². The van der Waals surface area contributed by atoms with Crippen LogP contribution in [0.15, 0.2) is 55.0 Å². The lowest BCUT2D eigenvalue weighted by Crippen LogP contribution is -2.27. The number of aliphatic hydroxyl groups is 1. The van der Waals surface area contributed by atoms with Crippen LogP contribution in [0.4, 0.5) is 0 Å². The number of nitrogens with zero attached hydrogens (tertiary/aromatic N) is 5. The van der Waals surface area contributed by atoms with Crippen molar-refractivity contribution in [1.29, 1.82) is 0 Å². The van der Waals surface area contributed by atoms with Gasteiger partial charge in [-0.05, 0) is 57.2 Å². The molecule has 196 valence electrons. The fourth-order valence-electron chi connectivity index (χ4n) is 5.89. The Morgan fingerprint density at radius 2 is 1.82 bits per heavy atom. The van der Waals surface area contributed by atoms with Gasteiger partial charge in [-0.25, -0.2) is 9.97 Å². The van der Waals surface area contributed by atoms with Crippen LogP contribution in [0.5, 0.6) is 0 Å². The average molecular weight is 530 g/mol. The highest BCUT2D eigenvalue weighted by Crippen LogP contribution is 2.43. The van der Waals surface area contributed by atoms with Crippen LogP contribution < -0.4 is 0 Å². The van der Waals surface area contributed by atoms with E-state index in [1.54, 1.807) is 13.8 Å². The minimum Gasteiger partial charge on any atom is -0.384 e. The Morgan fingerprint density at radius 1 is 1.08 bits per heavy atom. The van der Waals surface area contributed by atoms with Crippen molar-refractivity contribution in [2.24, 2.45) is 13.0 Å². The smallest absolute Gasteiger partial charge is 0.141 e. The first-order valence-electron chi connectivity index (χ1n) is 13.1. The topological polar surface area (TPSA) is 78.0 Å². The zero-order valence-corrected chi connectivity index (χ0v) is 22.9. The number of hydrogen-bond donors (Lipinski definition) is 1. The van der Waals surface area contributed by atoms with Gasteiger partial charge in [0.2, 0.25) is 0 Å². The largest absolute Gasteiger partial charge is 0.384 e. The summed E-state index contributed by atoms with van der Waals surface area (Å²) in [6, 6.07) is 14.8. The van der Waals surface area contributed by atoms with Crippen molar-refractivity contribution in [2.75, 3.05) is 13.2 Å². The minimum atomic E-state index is -1.15. The van der Waals surface area contributed by atoms with Crippen molar-refractivity contribution in [3.05, 3.63) is 77.1 Å². The van der Waals surface area contributed by atoms with Crippen molar-refractivity contribution in [1.82, 2.24) is 24.1 Å². The molecule has 1 atom stereocenters. The molecular weight excluding hydrogens is 498 g/mol. The molecule has 5 heterocycles. The van der Waals surface area contributed by atoms with E-state index < -0.39 is 5.60 Å². The van der Waals surface area contributed by atoms with Crippen LogP contribution in [-0.4, -0.2) is 42.4 Å². The zero-order chi connectivity index (χ0) is 26.6. The number of ether oxygens (including phenoxy) is 1. The van der Waals surface area contributed by atoms with Crippen LogP contribution in [0, 0.1) is 12.8 Å². The summed E-state index contributed by atoms with van der Waals surface area (Å²) in [7, 11) is 2.00. The molecule has 38 heavy (non-hydrogen) atoms. The van der Waals surface area contributed by atoms with E-state index >= 15 is 0 Å². The van der Waals surface area contributed by atoms with Gasteiger partial charge in [0.25, 0.3) is 0 Å². The lowest BCUT2D eigenvalue weighted by molar-refractivity contribution is 0.0552. The molecule has 1 aliphatic heterocycles. The summed E-state index contributed by atoms with van der Waals surface area (Å²) in [5, 5.41) is 12.0. The van der Waals surface area contributed by atoms with Crippen molar-refractivity contribution in [2.45, 2.75) is 45.3 Å². The maximum atomic E-state index is 10.9. The van der Waals surface area contributed by atoms with Gasteiger partial charge in [0.15, 0.2) is 0 Å². The predicted octanol–water partition coefficient (Wildman–Crippen LogP) is 6.19. The molecule has 0 unspecified atom stereocenters. The van der Waals surface area contributed by atoms with Crippen LogP contribution in [0.1, 0.15) is 49.7 Å². The molecule has 0 amide bonds. The third-order valence-electron chi connectivity index (χ3n) is 7.73. The first-order valence-corrected chi connectivity index (χ1v) is 13.5. The van der Waals surface area contributed by atoms with Gasteiger partial charge in [-0.2, -0.15) is 0 Å². The van der Waals surface area contributed by atoms with E-state index in [0.29, 0.717) is 16.8 Å². The van der Waals surface area contributed by atoms with Crippen molar-refractivity contribution in [3.63, 3.8) is 0 Å². The third-order valence-corrected chi connectivity index (χ3v) is 8.00. The fourth-order valence-corrected chi connectivity index (χ4v) is 6.16. The molecule has 0 spiro atoms. The molecule has 6 rings (SSSR count). The van der Waals surface area contributed by atoms with E-state index in [-0.39, 0.29) is 6.04 Å². The molecule has 7 nitrogen and oxygen atoms in total. The highest BCUT2D eigenvalue weighted by Gasteiger charge is 2.32. The van der Waals surface area contributed by atoms with Gasteiger partial charge in [-0.3, -0.25) is 4.98 Å². The monoisotopic (exact) mass is 529 g/mol. The molecule has 4 aromatic heterocycles. The van der Waals surface area contributed by atoms with Crippen molar-refractivity contribution in [3.8, 4) is 11.3 Å². The van der Waals surface area contributed by atoms with E-state index in [1.165, 1.54) is 5.56 Å². The van der Waals surface area contributed by atoms with Gasteiger partial charge in [0.05, 0.1) is 51.4 Å². The normalized spacial score (nSPS) is 15.9. The number of aryl methyl sites for hydroxylation is 2. The van der Waals surface area contributed by atoms with Crippen molar-refractivity contribution < 1.29 is 9.84 Å². The van der Waals surface area contributed by atoms with E-state index in [9.17, 15) is 5.11 Å². The Hall–Kier alpha value is -3.26. The summed E-state index contributed by atoms with van der Waals surface area (Å²) in [6.07, 6.45) is 5.62.